The van der Waals surface area contributed by atoms with Gasteiger partial charge in [-0.05, 0) is 20.8 Å². The summed E-state index contributed by atoms with van der Waals surface area (Å²) in [7, 11) is 2.35. The van der Waals surface area contributed by atoms with Crippen LogP contribution in [-0.2, 0) is 12.1 Å². The summed E-state index contributed by atoms with van der Waals surface area (Å²) in [6.45, 7) is 10.1. The highest BCUT2D eigenvalue weighted by atomic mass is 15.2. The Kier molecular flexibility index (Phi) is 1.79. The Labute approximate surface area is 80.8 Å². The van der Waals surface area contributed by atoms with E-state index < -0.39 is 0 Å². The van der Waals surface area contributed by atoms with Crippen molar-refractivity contribution in [3.05, 3.63) is 12.4 Å². The number of nitrogens with zero attached hydrogens (tertiary/aromatic N) is 2. The number of imidazole rings is 1. The van der Waals surface area contributed by atoms with Gasteiger partial charge in [-0.25, -0.2) is 0 Å². The van der Waals surface area contributed by atoms with Gasteiger partial charge in [0, 0.05) is 5.72 Å². The van der Waals surface area contributed by atoms with Crippen molar-refractivity contribution >= 4 is 13.0 Å². The number of fused-ring (bicyclic) bond motifs is 1. The molecular formula is C10H17BN2. The summed E-state index contributed by atoms with van der Waals surface area (Å²) in [5, 5.41) is 0. The van der Waals surface area contributed by atoms with Crippen LogP contribution in [0.1, 0.15) is 27.7 Å². The van der Waals surface area contributed by atoms with Crippen molar-refractivity contribution in [3.63, 3.8) is 0 Å². The second kappa shape index (κ2) is 2.63. The van der Waals surface area contributed by atoms with Crippen molar-refractivity contribution in [3.8, 4) is 0 Å². The first kappa shape index (κ1) is 8.85. The fraction of sp³-hybridized carbons (Fsp3) is 0.700. The lowest BCUT2D eigenvalue weighted by molar-refractivity contribution is -0.673. The van der Waals surface area contributed by atoms with Crippen molar-refractivity contribution in [1.29, 1.82) is 0 Å². The zero-order chi connectivity index (χ0) is 9.64. The minimum Gasteiger partial charge on any atom is -0.280 e. The summed E-state index contributed by atoms with van der Waals surface area (Å²) >= 11 is 0. The summed E-state index contributed by atoms with van der Waals surface area (Å²) in [6.07, 6.45) is 4.36. The normalized spacial score (nSPS) is 22.0. The third kappa shape index (κ3) is 1.40. The molecule has 0 bridgehead atoms. The monoisotopic (exact) mass is 176 g/mol. The maximum atomic E-state index is 2.35. The van der Waals surface area contributed by atoms with Gasteiger partial charge in [-0.2, -0.15) is 13.1 Å². The summed E-state index contributed by atoms with van der Waals surface area (Å²) < 4.78 is 4.67. The molecule has 0 unspecified atom stereocenters. The molecule has 0 amide bonds. The minimum atomic E-state index is 0.196. The van der Waals surface area contributed by atoms with Gasteiger partial charge in [0.1, 0.15) is 12.4 Å². The summed E-state index contributed by atoms with van der Waals surface area (Å²) in [5.74, 6) is 0.685. The lowest BCUT2D eigenvalue weighted by Gasteiger charge is -2.21. The van der Waals surface area contributed by atoms with E-state index >= 15 is 0 Å². The molecule has 2 heterocycles. The molecule has 1 aromatic rings. The van der Waals surface area contributed by atoms with Crippen molar-refractivity contribution in [2.45, 2.75) is 45.6 Å². The van der Waals surface area contributed by atoms with Gasteiger partial charge in [-0.15, -0.1) is 0 Å². The highest BCUT2D eigenvalue weighted by Crippen LogP contribution is 2.14. The minimum absolute atomic E-state index is 0.196. The summed E-state index contributed by atoms with van der Waals surface area (Å²) in [5.41, 5.74) is 1.56. The van der Waals surface area contributed by atoms with Crippen LogP contribution in [0.3, 0.4) is 0 Å². The van der Waals surface area contributed by atoms with Crippen molar-refractivity contribution in [2.75, 3.05) is 0 Å². The van der Waals surface area contributed by atoms with Crippen LogP contribution >= 0.6 is 0 Å². The van der Waals surface area contributed by atoms with Crippen LogP contribution in [0.5, 0.6) is 0 Å². The van der Waals surface area contributed by atoms with Gasteiger partial charge in [-0.1, -0.05) is 6.92 Å². The van der Waals surface area contributed by atoms with Crippen LogP contribution in [0, 0.1) is 0 Å². The first-order valence-electron chi connectivity index (χ1n) is 4.94. The van der Waals surface area contributed by atoms with Gasteiger partial charge in [0.25, 0.3) is 0 Å². The molecule has 13 heavy (non-hydrogen) atoms. The molecule has 1 aliphatic heterocycles. The Balaban J connectivity index is 2.42. The molecule has 2 rings (SSSR count). The molecule has 0 saturated carbocycles. The van der Waals surface area contributed by atoms with E-state index in [4.69, 9.17) is 0 Å². The first-order chi connectivity index (χ1) is 5.98. The fourth-order valence-electron chi connectivity index (χ4n) is 1.95. The van der Waals surface area contributed by atoms with Crippen LogP contribution in [0.4, 0.5) is 0 Å². The van der Waals surface area contributed by atoms with Gasteiger partial charge < -0.3 is 0 Å². The van der Waals surface area contributed by atoms with Gasteiger partial charge in [0.05, 0.1) is 12.1 Å². The lowest BCUT2D eigenvalue weighted by atomic mass is 9.67. The molecular weight excluding hydrogens is 159 g/mol. The van der Waals surface area contributed by atoms with E-state index in [1.54, 1.807) is 0 Å². The zero-order valence-corrected chi connectivity index (χ0v) is 8.91. The van der Waals surface area contributed by atoms with Crippen LogP contribution in [0.2, 0.25) is 5.82 Å². The fourth-order valence-corrected chi connectivity index (χ4v) is 1.95. The molecule has 1 aromatic heterocycles. The molecule has 0 spiro atoms. The summed E-state index contributed by atoms with van der Waals surface area (Å²) in [6, 6.07) is 0. The maximum absolute atomic E-state index is 2.35. The van der Waals surface area contributed by atoms with E-state index in [1.807, 2.05) is 0 Å². The van der Waals surface area contributed by atoms with Crippen molar-refractivity contribution < 1.29 is 4.57 Å². The smallest absolute Gasteiger partial charge is 0.126 e. The van der Waals surface area contributed by atoms with E-state index in [1.165, 1.54) is 5.72 Å². The van der Waals surface area contributed by atoms with Crippen LogP contribution in [-0.4, -0.2) is 11.8 Å². The Hall–Kier alpha value is -0.725. The number of aromatic nitrogens is 2. The predicted octanol–water partition coefficient (Wildman–Crippen LogP) is 0.682. The highest BCUT2D eigenvalue weighted by molar-refractivity contribution is 6.52. The Morgan fingerprint density at radius 1 is 1.54 bits per heavy atom. The molecule has 70 valence electrons. The molecule has 0 aromatic carbocycles. The van der Waals surface area contributed by atoms with E-state index in [0.29, 0.717) is 5.82 Å². The Morgan fingerprint density at radius 2 is 2.23 bits per heavy atom. The maximum Gasteiger partial charge on any atom is 0.126 e. The van der Waals surface area contributed by atoms with Crippen molar-refractivity contribution in [2.24, 2.45) is 0 Å². The number of hydrogen-bond donors (Lipinski definition) is 0. The van der Waals surface area contributed by atoms with E-state index in [0.717, 1.165) is 6.54 Å². The first-order valence-corrected chi connectivity index (χ1v) is 4.94. The molecule has 1 aliphatic rings. The largest absolute Gasteiger partial charge is 0.280 e. The van der Waals surface area contributed by atoms with Gasteiger partial charge in [-0.3, -0.25) is 9.13 Å². The van der Waals surface area contributed by atoms with Gasteiger partial charge in [0.15, 0.2) is 0 Å². The third-order valence-corrected chi connectivity index (χ3v) is 2.58. The second-order valence-electron chi connectivity index (χ2n) is 4.99. The lowest BCUT2D eigenvalue weighted by Crippen LogP contribution is -2.48. The van der Waals surface area contributed by atoms with E-state index in [9.17, 15) is 0 Å². The molecule has 0 aliphatic carbocycles. The van der Waals surface area contributed by atoms with E-state index in [2.05, 4.69) is 56.5 Å². The molecule has 2 nitrogen and oxygen atoms in total. The van der Waals surface area contributed by atoms with Crippen LogP contribution in [0.15, 0.2) is 12.4 Å². The molecule has 0 N–H and O–H groups in total. The second-order valence-corrected chi connectivity index (χ2v) is 4.99. The summed E-state index contributed by atoms with van der Waals surface area (Å²) in [4.78, 5) is 0. The average molecular weight is 176 g/mol. The topological polar surface area (TPSA) is 8.81 Å². The SMILES string of the molecule is C[C@H]1[B-]c2n(C(C)(C)C)cc[n+]2C1. The molecule has 3 heteroatoms. The molecule has 1 atom stereocenters. The quantitative estimate of drug-likeness (QED) is 0.406. The Morgan fingerprint density at radius 3 is 2.85 bits per heavy atom. The molecule has 2 radical (unpaired) electrons. The third-order valence-electron chi connectivity index (χ3n) is 2.58. The Bertz CT molecular complexity index is 322. The van der Waals surface area contributed by atoms with Crippen LogP contribution in [0.25, 0.3) is 0 Å². The number of rotatable bonds is 0. The highest BCUT2D eigenvalue weighted by Gasteiger charge is 2.23. The predicted molar refractivity (Wildman–Crippen MR) is 54.4 cm³/mol. The zero-order valence-electron chi connectivity index (χ0n) is 8.91. The molecule has 0 fully saturated rings. The van der Waals surface area contributed by atoms with E-state index in [-0.39, 0.29) is 5.54 Å². The van der Waals surface area contributed by atoms with Gasteiger partial charge in [0.2, 0.25) is 0 Å². The number of hydrogen-bond acceptors (Lipinski definition) is 0. The van der Waals surface area contributed by atoms with Gasteiger partial charge >= 0.3 is 0 Å². The standard InChI is InChI=1S/C10H17BN2/c1-8-7-12-5-6-13(9(12)11-8)10(2,3)4/h5-6,8H,7H2,1-4H3/t8-/m1/s1. The average Bonchev–Trinajstić information content (AvgIpc) is 2.41. The molecule has 0 saturated heterocycles. The van der Waals surface area contributed by atoms with Crippen molar-refractivity contribution in [1.82, 2.24) is 4.57 Å². The van der Waals surface area contributed by atoms with Crippen LogP contribution < -0.4 is 10.3 Å².